The van der Waals surface area contributed by atoms with E-state index in [-0.39, 0.29) is 12.4 Å². The average molecular weight is 328 g/mol. The van der Waals surface area contributed by atoms with E-state index in [0.717, 1.165) is 17.0 Å². The molecule has 0 spiro atoms. The van der Waals surface area contributed by atoms with E-state index < -0.39 is 0 Å². The molecule has 24 heavy (non-hydrogen) atoms. The zero-order valence-corrected chi connectivity index (χ0v) is 14.8. The highest BCUT2D eigenvalue weighted by atomic mass is 19.1. The predicted octanol–water partition coefficient (Wildman–Crippen LogP) is 4.18. The Morgan fingerprint density at radius 3 is 2.71 bits per heavy atom. The van der Waals surface area contributed by atoms with Gasteiger partial charge < -0.3 is 4.90 Å². The van der Waals surface area contributed by atoms with Crippen LogP contribution < -0.4 is 0 Å². The molecule has 1 aliphatic rings. The van der Waals surface area contributed by atoms with Gasteiger partial charge >= 0.3 is 0 Å². The molecule has 0 aromatic carbocycles. The van der Waals surface area contributed by atoms with Crippen LogP contribution in [0.15, 0.2) is 65.1 Å². The van der Waals surface area contributed by atoms with Crippen molar-refractivity contribution in [2.75, 3.05) is 7.05 Å². The van der Waals surface area contributed by atoms with E-state index in [4.69, 9.17) is 0 Å². The summed E-state index contributed by atoms with van der Waals surface area (Å²) in [5.74, 6) is -0.336. The Labute approximate surface area is 143 Å². The molecule has 0 radical (unpaired) electrons. The van der Waals surface area contributed by atoms with Gasteiger partial charge in [0, 0.05) is 42.3 Å². The molecular formula is C19H25FN4. The van der Waals surface area contributed by atoms with Crippen LogP contribution in [0.25, 0.3) is 0 Å². The third-order valence-corrected chi connectivity index (χ3v) is 3.77. The lowest BCUT2D eigenvalue weighted by molar-refractivity contribution is 0.344. The maximum atomic E-state index is 13.6. The van der Waals surface area contributed by atoms with Gasteiger partial charge in [-0.2, -0.15) is 0 Å². The summed E-state index contributed by atoms with van der Waals surface area (Å²) in [6.07, 6.45) is 8.18. The quantitative estimate of drug-likeness (QED) is 0.778. The minimum Gasteiger partial charge on any atom is -0.375 e. The Hall–Kier alpha value is -2.56. The maximum Gasteiger partial charge on any atom is 0.146 e. The molecule has 0 N–H and O–H groups in total. The number of allylic oxidation sites excluding steroid dienone is 3. The molecular weight excluding hydrogens is 303 g/mol. The molecule has 0 saturated heterocycles. The normalized spacial score (nSPS) is 16.8. The van der Waals surface area contributed by atoms with Gasteiger partial charge in [-0.3, -0.25) is 15.0 Å². The molecule has 0 atom stereocenters. The summed E-state index contributed by atoms with van der Waals surface area (Å²) in [7, 11) is 2.05. The fraction of sp³-hybridized carbons (Fsp3) is 0.316. The van der Waals surface area contributed by atoms with E-state index in [9.17, 15) is 4.39 Å². The van der Waals surface area contributed by atoms with E-state index in [0.29, 0.717) is 11.6 Å². The number of nitrogens with zero attached hydrogens (tertiary/aromatic N) is 4. The Morgan fingerprint density at radius 1 is 1.38 bits per heavy atom. The minimum atomic E-state index is -0.336. The fourth-order valence-corrected chi connectivity index (χ4v) is 2.10. The first kappa shape index (κ1) is 19.5. The molecule has 5 heteroatoms. The van der Waals surface area contributed by atoms with Crippen LogP contribution in [0, 0.1) is 5.82 Å². The summed E-state index contributed by atoms with van der Waals surface area (Å²) in [4.78, 5) is 14.6. The van der Waals surface area contributed by atoms with Crippen LogP contribution in [0.2, 0.25) is 0 Å². The van der Waals surface area contributed by atoms with Gasteiger partial charge in [-0.25, -0.2) is 4.39 Å². The molecule has 0 bridgehead atoms. The first-order valence-electron chi connectivity index (χ1n) is 7.77. The topological polar surface area (TPSA) is 40.9 Å². The average Bonchev–Trinajstić information content (AvgIpc) is 2.61. The number of hydrogen-bond acceptors (Lipinski definition) is 4. The molecule has 2 rings (SSSR count). The number of halogens is 1. The van der Waals surface area contributed by atoms with E-state index >= 15 is 0 Å². The number of rotatable bonds is 4. The van der Waals surface area contributed by atoms with Crippen LogP contribution in [0.3, 0.4) is 0 Å². The predicted molar refractivity (Wildman–Crippen MR) is 99.8 cm³/mol. The van der Waals surface area contributed by atoms with Gasteiger partial charge in [-0.15, -0.1) is 13.2 Å². The van der Waals surface area contributed by atoms with Crippen LogP contribution >= 0.6 is 0 Å². The van der Waals surface area contributed by atoms with Crippen molar-refractivity contribution in [1.29, 1.82) is 0 Å². The van der Waals surface area contributed by atoms with Gasteiger partial charge in [0.15, 0.2) is 0 Å². The van der Waals surface area contributed by atoms with Gasteiger partial charge in [0.1, 0.15) is 5.82 Å². The zero-order chi connectivity index (χ0) is 18.1. The lowest BCUT2D eigenvalue weighted by Gasteiger charge is -2.27. The summed E-state index contributed by atoms with van der Waals surface area (Å²) in [5, 5.41) is 0. The van der Waals surface area contributed by atoms with Gasteiger partial charge in [0.25, 0.3) is 0 Å². The lowest BCUT2D eigenvalue weighted by Crippen LogP contribution is -2.27. The van der Waals surface area contributed by atoms with Crippen LogP contribution in [0.5, 0.6) is 0 Å². The molecule has 4 nitrogen and oxygen atoms in total. The molecule has 0 saturated carbocycles. The third-order valence-electron chi connectivity index (χ3n) is 3.77. The summed E-state index contributed by atoms with van der Waals surface area (Å²) < 4.78 is 13.6. The smallest absolute Gasteiger partial charge is 0.146 e. The molecule has 1 aromatic rings. The monoisotopic (exact) mass is 328 g/mol. The van der Waals surface area contributed by atoms with Crippen molar-refractivity contribution in [3.8, 4) is 0 Å². The highest BCUT2D eigenvalue weighted by Gasteiger charge is 2.14. The standard InChI is InChI=1S/C17H21FN4.C2H4/c1-12(2)22(4)13(3)15-6-8-20-11-17(15)21-9-14-5-7-19-10-16(14)18;1-2/h5-8,10-12H,9H2,1-4H3;1-2H2/b15-13+,21-17?;. The first-order chi connectivity index (χ1) is 11.5. The zero-order valence-electron chi connectivity index (χ0n) is 14.8. The maximum absolute atomic E-state index is 13.6. The number of aliphatic imine (C=N–C) groups is 2. The van der Waals surface area contributed by atoms with Crippen molar-refractivity contribution in [2.45, 2.75) is 33.4 Å². The summed E-state index contributed by atoms with van der Waals surface area (Å²) in [6, 6.07) is 2.03. The van der Waals surface area contributed by atoms with E-state index in [1.807, 2.05) is 13.1 Å². The second-order valence-electron chi connectivity index (χ2n) is 5.47. The van der Waals surface area contributed by atoms with Gasteiger partial charge in [-0.05, 0) is 32.9 Å². The summed E-state index contributed by atoms with van der Waals surface area (Å²) in [6.45, 7) is 12.6. The van der Waals surface area contributed by atoms with E-state index in [2.05, 4.69) is 53.8 Å². The van der Waals surface area contributed by atoms with Crippen molar-refractivity contribution < 1.29 is 4.39 Å². The van der Waals surface area contributed by atoms with Crippen molar-refractivity contribution in [2.24, 2.45) is 9.98 Å². The number of hydrogen-bond donors (Lipinski definition) is 0. The highest BCUT2D eigenvalue weighted by molar-refractivity contribution is 6.40. The summed E-state index contributed by atoms with van der Waals surface area (Å²) in [5.41, 5.74) is 3.43. The van der Waals surface area contributed by atoms with E-state index in [1.165, 1.54) is 6.20 Å². The molecule has 0 fully saturated rings. The van der Waals surface area contributed by atoms with Crippen LogP contribution in [0.1, 0.15) is 26.3 Å². The second-order valence-corrected chi connectivity index (χ2v) is 5.47. The highest BCUT2D eigenvalue weighted by Crippen LogP contribution is 2.17. The largest absolute Gasteiger partial charge is 0.375 e. The Bertz CT molecular complexity index is 672. The molecule has 0 amide bonds. The van der Waals surface area contributed by atoms with Crippen LogP contribution in [-0.2, 0) is 6.54 Å². The van der Waals surface area contributed by atoms with Crippen molar-refractivity contribution in [3.05, 3.63) is 66.5 Å². The SMILES string of the molecule is C/C(=C1/C=CN=CC1=NCc1ccncc1F)N(C)C(C)C.C=C. The van der Waals surface area contributed by atoms with Gasteiger partial charge in [0.05, 0.1) is 24.7 Å². The van der Waals surface area contributed by atoms with Crippen LogP contribution in [-0.4, -0.2) is 34.9 Å². The fourth-order valence-electron chi connectivity index (χ4n) is 2.10. The Kier molecular flexibility index (Phi) is 7.75. The molecule has 1 aromatic heterocycles. The van der Waals surface area contributed by atoms with E-state index in [1.54, 1.807) is 24.7 Å². The minimum absolute atomic E-state index is 0.270. The molecule has 128 valence electrons. The lowest BCUT2D eigenvalue weighted by atomic mass is 10.1. The van der Waals surface area contributed by atoms with Crippen molar-refractivity contribution in [3.63, 3.8) is 0 Å². The molecule has 1 aliphatic heterocycles. The third kappa shape index (κ3) is 4.98. The van der Waals surface area contributed by atoms with Crippen molar-refractivity contribution in [1.82, 2.24) is 9.88 Å². The first-order valence-corrected chi connectivity index (χ1v) is 7.77. The molecule has 2 heterocycles. The van der Waals surface area contributed by atoms with Crippen molar-refractivity contribution >= 4 is 11.9 Å². The molecule has 0 unspecified atom stereocenters. The Balaban J connectivity index is 0.00000139. The van der Waals surface area contributed by atoms with Gasteiger partial charge in [0.2, 0.25) is 0 Å². The van der Waals surface area contributed by atoms with Crippen LogP contribution in [0.4, 0.5) is 4.39 Å². The van der Waals surface area contributed by atoms with Gasteiger partial charge in [-0.1, -0.05) is 0 Å². The number of pyridine rings is 1. The number of aromatic nitrogens is 1. The summed E-state index contributed by atoms with van der Waals surface area (Å²) >= 11 is 0. The Morgan fingerprint density at radius 2 is 2.08 bits per heavy atom. The second kappa shape index (κ2) is 9.55. The molecule has 0 aliphatic carbocycles.